The van der Waals surface area contributed by atoms with Crippen LogP contribution >= 0.6 is 11.3 Å². The summed E-state index contributed by atoms with van der Waals surface area (Å²) in [5, 5.41) is 17.6. The Morgan fingerprint density at radius 2 is 2.19 bits per heavy atom. The molecule has 1 unspecified atom stereocenters. The highest BCUT2D eigenvalue weighted by molar-refractivity contribution is 7.13. The van der Waals surface area contributed by atoms with Crippen molar-refractivity contribution in [1.82, 2.24) is 10.3 Å². The maximum Gasteiger partial charge on any atom is 0.263 e. The van der Waals surface area contributed by atoms with Crippen LogP contribution in [0.15, 0.2) is 41.5 Å². The van der Waals surface area contributed by atoms with E-state index in [4.69, 9.17) is 0 Å². The Kier molecular flexibility index (Phi) is 6.03. The number of nitrogens with one attached hydrogen (secondary N) is 2. The van der Waals surface area contributed by atoms with Gasteiger partial charge in [0.15, 0.2) is 5.13 Å². The van der Waals surface area contributed by atoms with Crippen LogP contribution in [0.1, 0.15) is 48.9 Å². The summed E-state index contributed by atoms with van der Waals surface area (Å²) in [4.78, 5) is 16.6. The summed E-state index contributed by atoms with van der Waals surface area (Å²) in [5.41, 5.74) is 3.96. The molecule has 1 aromatic carbocycles. The van der Waals surface area contributed by atoms with Gasteiger partial charge < -0.3 is 10.6 Å². The number of fused-ring (bicyclic) bond motifs is 1. The lowest BCUT2D eigenvalue weighted by molar-refractivity contribution is -0.117. The first-order chi connectivity index (χ1) is 12.7. The largest absolute Gasteiger partial charge is 0.345 e. The number of aryl methyl sites for hydroxylation is 2. The number of nitrogens with zero attached hydrogens (tertiary/aromatic N) is 2. The number of hydrogen-bond acceptors (Lipinski definition) is 5. The molecule has 2 aromatic rings. The van der Waals surface area contributed by atoms with Crippen molar-refractivity contribution in [2.75, 3.05) is 5.32 Å². The van der Waals surface area contributed by atoms with Gasteiger partial charge in [-0.2, -0.15) is 5.26 Å². The number of benzene rings is 1. The topological polar surface area (TPSA) is 77.8 Å². The second kappa shape index (κ2) is 8.63. The Bertz CT molecular complexity index is 836. The number of carbonyl (C=O) groups is 1. The van der Waals surface area contributed by atoms with Crippen LogP contribution in [0.25, 0.3) is 0 Å². The fourth-order valence-electron chi connectivity index (χ4n) is 3.20. The van der Waals surface area contributed by atoms with Crippen molar-refractivity contribution in [2.45, 2.75) is 45.1 Å². The van der Waals surface area contributed by atoms with E-state index < -0.39 is 0 Å². The number of hydrogen-bond donors (Lipinski definition) is 2. The molecule has 0 aliphatic heterocycles. The van der Waals surface area contributed by atoms with Gasteiger partial charge in [-0.3, -0.25) is 4.79 Å². The van der Waals surface area contributed by atoms with E-state index in [1.54, 1.807) is 6.20 Å². The minimum atomic E-state index is -0.374. The maximum atomic E-state index is 12.5. The molecule has 0 radical (unpaired) electrons. The molecule has 1 aliphatic rings. The highest BCUT2D eigenvalue weighted by Gasteiger charge is 2.18. The van der Waals surface area contributed by atoms with E-state index in [9.17, 15) is 10.1 Å². The van der Waals surface area contributed by atoms with Crippen LogP contribution in [0, 0.1) is 11.3 Å². The zero-order valence-electron chi connectivity index (χ0n) is 14.8. The lowest BCUT2D eigenvalue weighted by Crippen LogP contribution is -2.29. The van der Waals surface area contributed by atoms with E-state index in [-0.39, 0.29) is 17.5 Å². The van der Waals surface area contributed by atoms with Gasteiger partial charge in [-0.25, -0.2) is 4.98 Å². The van der Waals surface area contributed by atoms with Crippen molar-refractivity contribution in [1.29, 1.82) is 5.26 Å². The van der Waals surface area contributed by atoms with Gasteiger partial charge in [-0.05, 0) is 48.8 Å². The van der Waals surface area contributed by atoms with Crippen molar-refractivity contribution >= 4 is 22.4 Å². The fourth-order valence-corrected chi connectivity index (χ4v) is 3.70. The van der Waals surface area contributed by atoms with E-state index in [1.807, 2.05) is 18.4 Å². The molecule has 0 saturated heterocycles. The van der Waals surface area contributed by atoms with Crippen LogP contribution in [0.2, 0.25) is 0 Å². The third kappa shape index (κ3) is 4.30. The van der Waals surface area contributed by atoms with Gasteiger partial charge in [0.05, 0.1) is 6.04 Å². The molecule has 5 nitrogen and oxygen atoms in total. The number of thiazole rings is 1. The molecule has 1 amide bonds. The summed E-state index contributed by atoms with van der Waals surface area (Å²) in [6, 6.07) is 8.35. The number of carbonyl (C=O) groups excluding carboxylic acids is 1. The fraction of sp³-hybridized carbons (Fsp3) is 0.350. The molecule has 134 valence electrons. The third-order valence-electron chi connectivity index (χ3n) is 4.63. The lowest BCUT2D eigenvalue weighted by atomic mass is 9.88. The Labute approximate surface area is 157 Å². The zero-order chi connectivity index (χ0) is 18.4. The number of amides is 1. The van der Waals surface area contributed by atoms with Crippen LogP contribution < -0.4 is 10.6 Å². The maximum absolute atomic E-state index is 12.5. The van der Waals surface area contributed by atoms with Crippen LogP contribution in [-0.2, 0) is 17.6 Å². The normalized spacial score (nSPS) is 14.8. The molecule has 1 aliphatic carbocycles. The molecule has 0 saturated carbocycles. The van der Waals surface area contributed by atoms with Crippen molar-refractivity contribution in [2.24, 2.45) is 0 Å². The first-order valence-corrected chi connectivity index (χ1v) is 9.78. The molecular weight excluding hydrogens is 344 g/mol. The smallest absolute Gasteiger partial charge is 0.263 e. The second-order valence-corrected chi connectivity index (χ2v) is 7.22. The highest BCUT2D eigenvalue weighted by atomic mass is 32.1. The number of aromatic nitrogens is 1. The third-order valence-corrected chi connectivity index (χ3v) is 5.33. The molecular formula is C20H22N4OS. The van der Waals surface area contributed by atoms with E-state index in [2.05, 4.69) is 33.8 Å². The van der Waals surface area contributed by atoms with Crippen molar-refractivity contribution in [3.8, 4) is 6.07 Å². The van der Waals surface area contributed by atoms with Gasteiger partial charge in [0, 0.05) is 17.8 Å². The molecule has 1 atom stereocenters. The Hall–Kier alpha value is -2.65. The molecule has 1 aromatic heterocycles. The van der Waals surface area contributed by atoms with Crippen LogP contribution in [-0.4, -0.2) is 10.9 Å². The predicted octanol–water partition coefficient (Wildman–Crippen LogP) is 4.11. The summed E-state index contributed by atoms with van der Waals surface area (Å²) in [6.45, 7) is 2.04. The minimum Gasteiger partial charge on any atom is -0.345 e. The summed E-state index contributed by atoms with van der Waals surface area (Å²) < 4.78 is 0. The van der Waals surface area contributed by atoms with Gasteiger partial charge in [0.2, 0.25) is 0 Å². The van der Waals surface area contributed by atoms with Crippen LogP contribution in [0.4, 0.5) is 5.13 Å². The van der Waals surface area contributed by atoms with Gasteiger partial charge in [-0.15, -0.1) is 11.3 Å². The average molecular weight is 366 g/mol. The number of rotatable bonds is 6. The van der Waals surface area contributed by atoms with E-state index in [1.165, 1.54) is 41.5 Å². The number of nitriles is 1. The minimum absolute atomic E-state index is 0.0385. The monoisotopic (exact) mass is 366 g/mol. The SMILES string of the molecule is CCC(NC(=O)/C(C#N)=C\Nc1nccs1)c1ccc2c(c1)CCCC2. The van der Waals surface area contributed by atoms with E-state index in [0.29, 0.717) is 5.13 Å². The predicted molar refractivity (Wildman–Crippen MR) is 104 cm³/mol. The Morgan fingerprint density at radius 1 is 1.38 bits per heavy atom. The number of anilines is 1. The Balaban J connectivity index is 1.71. The van der Waals surface area contributed by atoms with Gasteiger partial charge in [0.25, 0.3) is 5.91 Å². The molecule has 2 N–H and O–H groups in total. The molecule has 1 heterocycles. The van der Waals surface area contributed by atoms with Crippen molar-refractivity contribution in [3.63, 3.8) is 0 Å². The molecule has 0 fully saturated rings. The molecule has 3 rings (SSSR count). The van der Waals surface area contributed by atoms with E-state index >= 15 is 0 Å². The zero-order valence-corrected chi connectivity index (χ0v) is 15.6. The second-order valence-electron chi connectivity index (χ2n) is 6.32. The van der Waals surface area contributed by atoms with E-state index in [0.717, 1.165) is 24.8 Å². The summed E-state index contributed by atoms with van der Waals surface area (Å²) >= 11 is 1.41. The molecule has 6 heteroatoms. The average Bonchev–Trinajstić information content (AvgIpc) is 3.19. The first kappa shape index (κ1) is 18.2. The van der Waals surface area contributed by atoms with Crippen LogP contribution in [0.3, 0.4) is 0 Å². The molecule has 26 heavy (non-hydrogen) atoms. The van der Waals surface area contributed by atoms with Gasteiger partial charge in [-0.1, -0.05) is 25.1 Å². The standard InChI is InChI=1S/C20H22N4OS/c1-2-18(16-8-7-14-5-3-4-6-15(14)11-16)24-19(25)17(12-21)13-23-20-22-9-10-26-20/h7-11,13,18H,2-6H2,1H3,(H,22,23)(H,24,25)/b17-13-. The van der Waals surface area contributed by atoms with Gasteiger partial charge >= 0.3 is 0 Å². The quantitative estimate of drug-likeness (QED) is 0.596. The lowest BCUT2D eigenvalue weighted by Gasteiger charge is -2.21. The van der Waals surface area contributed by atoms with Crippen molar-refractivity contribution < 1.29 is 4.79 Å². The van der Waals surface area contributed by atoms with Crippen molar-refractivity contribution in [3.05, 3.63) is 58.2 Å². The van der Waals surface area contributed by atoms with Crippen LogP contribution in [0.5, 0.6) is 0 Å². The summed E-state index contributed by atoms with van der Waals surface area (Å²) in [6.07, 6.45) is 8.57. The van der Waals surface area contributed by atoms with Gasteiger partial charge in [0.1, 0.15) is 11.6 Å². The highest BCUT2D eigenvalue weighted by Crippen LogP contribution is 2.26. The molecule has 0 bridgehead atoms. The molecule has 0 spiro atoms. The first-order valence-electron chi connectivity index (χ1n) is 8.90. The summed E-state index contributed by atoms with van der Waals surface area (Å²) in [5.74, 6) is -0.374. The summed E-state index contributed by atoms with van der Waals surface area (Å²) in [7, 11) is 0. The Morgan fingerprint density at radius 3 is 2.88 bits per heavy atom.